The van der Waals surface area contributed by atoms with Crippen LogP contribution in [-0.2, 0) is 9.53 Å². The van der Waals surface area contributed by atoms with Gasteiger partial charge in [-0.2, -0.15) is 0 Å². The second-order valence-corrected chi connectivity index (χ2v) is 5.86. The zero-order valence-electron chi connectivity index (χ0n) is 13.2. The summed E-state index contributed by atoms with van der Waals surface area (Å²) < 4.78 is 4.99. The highest BCUT2D eigenvalue weighted by Gasteiger charge is 2.35. The van der Waals surface area contributed by atoms with Crippen molar-refractivity contribution >= 4 is 12.0 Å². The molecule has 0 atom stereocenters. The van der Waals surface area contributed by atoms with Crippen LogP contribution >= 0.6 is 0 Å². The van der Waals surface area contributed by atoms with Crippen LogP contribution in [0.3, 0.4) is 0 Å². The first-order chi connectivity index (χ1) is 10.0. The van der Waals surface area contributed by atoms with Crippen molar-refractivity contribution in [3.63, 3.8) is 0 Å². The highest BCUT2D eigenvalue weighted by molar-refractivity contribution is 5.74. The predicted molar refractivity (Wildman–Crippen MR) is 80.3 cm³/mol. The number of hydrogen-bond donors (Lipinski definition) is 2. The second-order valence-electron chi connectivity index (χ2n) is 5.86. The van der Waals surface area contributed by atoms with Crippen LogP contribution < -0.4 is 5.32 Å². The van der Waals surface area contributed by atoms with Crippen molar-refractivity contribution in [3.05, 3.63) is 0 Å². The first kappa shape index (κ1) is 17.8. The minimum absolute atomic E-state index is 0.134. The molecule has 21 heavy (non-hydrogen) atoms. The Balaban J connectivity index is 2.54. The summed E-state index contributed by atoms with van der Waals surface area (Å²) >= 11 is 0. The summed E-state index contributed by atoms with van der Waals surface area (Å²) in [4.78, 5) is 25.0. The lowest BCUT2D eigenvalue weighted by Gasteiger charge is -2.36. The summed E-state index contributed by atoms with van der Waals surface area (Å²) in [7, 11) is 1.61. The molecule has 0 heterocycles. The van der Waals surface area contributed by atoms with Crippen LogP contribution in [0.2, 0.25) is 0 Å². The van der Waals surface area contributed by atoms with E-state index in [1.807, 2.05) is 6.92 Å². The molecule has 1 saturated carbocycles. The fourth-order valence-electron chi connectivity index (χ4n) is 3.02. The molecule has 1 rings (SSSR count). The van der Waals surface area contributed by atoms with Crippen molar-refractivity contribution in [3.8, 4) is 0 Å². The number of methoxy groups -OCH3 is 1. The Hall–Kier alpha value is -1.30. The van der Waals surface area contributed by atoms with E-state index in [-0.39, 0.29) is 17.9 Å². The summed E-state index contributed by atoms with van der Waals surface area (Å²) in [5, 5.41) is 12.1. The van der Waals surface area contributed by atoms with Crippen LogP contribution in [-0.4, -0.2) is 55.4 Å². The highest BCUT2D eigenvalue weighted by atomic mass is 16.5. The van der Waals surface area contributed by atoms with E-state index in [0.29, 0.717) is 26.2 Å². The molecule has 6 heteroatoms. The van der Waals surface area contributed by atoms with E-state index in [9.17, 15) is 9.59 Å². The van der Waals surface area contributed by atoms with Crippen molar-refractivity contribution in [1.29, 1.82) is 0 Å². The summed E-state index contributed by atoms with van der Waals surface area (Å²) in [6.45, 7) is 4.03. The van der Waals surface area contributed by atoms with E-state index >= 15 is 0 Å². The maximum atomic E-state index is 12.2. The van der Waals surface area contributed by atoms with Crippen LogP contribution in [0.1, 0.15) is 45.4 Å². The molecular weight excluding hydrogens is 272 g/mol. The number of carbonyl (C=O) groups is 2. The van der Waals surface area contributed by atoms with Gasteiger partial charge in [-0.15, -0.1) is 0 Å². The number of carboxylic acids is 1. The fourth-order valence-corrected chi connectivity index (χ4v) is 3.02. The van der Waals surface area contributed by atoms with Crippen molar-refractivity contribution in [2.45, 2.75) is 45.4 Å². The van der Waals surface area contributed by atoms with Crippen molar-refractivity contribution in [2.75, 3.05) is 33.4 Å². The molecule has 1 fully saturated rings. The zero-order valence-corrected chi connectivity index (χ0v) is 13.2. The number of amides is 2. The molecule has 122 valence electrons. The van der Waals surface area contributed by atoms with Crippen LogP contribution in [0.4, 0.5) is 4.79 Å². The summed E-state index contributed by atoms with van der Waals surface area (Å²) in [5.74, 6) is -0.780. The topological polar surface area (TPSA) is 78.9 Å². The number of aliphatic carboxylic acids is 1. The van der Waals surface area contributed by atoms with Crippen molar-refractivity contribution < 1.29 is 19.4 Å². The Labute approximate surface area is 126 Å². The molecular formula is C15H28N2O4. The van der Waals surface area contributed by atoms with Gasteiger partial charge in [0.2, 0.25) is 0 Å². The number of carboxylic acid groups (broad SMARTS) is 1. The monoisotopic (exact) mass is 300 g/mol. The first-order valence-electron chi connectivity index (χ1n) is 7.76. The van der Waals surface area contributed by atoms with E-state index < -0.39 is 5.97 Å². The smallest absolute Gasteiger partial charge is 0.317 e. The Morgan fingerprint density at radius 1 is 1.29 bits per heavy atom. The van der Waals surface area contributed by atoms with Crippen LogP contribution in [0.25, 0.3) is 0 Å². The Bertz CT molecular complexity index is 341. The predicted octanol–water partition coefficient (Wildman–Crippen LogP) is 2.09. The van der Waals surface area contributed by atoms with E-state index in [1.54, 1.807) is 12.0 Å². The average Bonchev–Trinajstić information content (AvgIpc) is 2.46. The average molecular weight is 300 g/mol. The summed E-state index contributed by atoms with van der Waals surface area (Å²) in [6, 6.07) is -0.134. The molecule has 0 aromatic rings. The van der Waals surface area contributed by atoms with E-state index in [0.717, 1.165) is 32.1 Å². The molecule has 1 aliphatic carbocycles. The van der Waals surface area contributed by atoms with Crippen LogP contribution in [0.15, 0.2) is 0 Å². The number of rotatable bonds is 8. The Kier molecular flexibility index (Phi) is 7.50. The van der Waals surface area contributed by atoms with Gasteiger partial charge < -0.3 is 20.1 Å². The lowest BCUT2D eigenvalue weighted by atomic mass is 9.72. The second kappa shape index (κ2) is 8.87. The molecule has 0 aliphatic heterocycles. The van der Waals surface area contributed by atoms with Gasteiger partial charge in [0.25, 0.3) is 0 Å². The van der Waals surface area contributed by atoms with Gasteiger partial charge in [0.05, 0.1) is 13.0 Å². The molecule has 0 aromatic heterocycles. The Morgan fingerprint density at radius 3 is 2.48 bits per heavy atom. The standard InChI is InChI=1S/C15H28N2O4/c1-3-17(9-10-21-2)14(20)16-12-15(11-13(18)19)7-5-4-6-8-15/h3-12H2,1-2H3,(H,16,20)(H,18,19). The molecule has 0 aromatic carbocycles. The molecule has 0 unspecified atom stereocenters. The van der Waals surface area contributed by atoms with Gasteiger partial charge in [-0.3, -0.25) is 4.79 Å². The van der Waals surface area contributed by atoms with Gasteiger partial charge in [0.1, 0.15) is 0 Å². The quantitative estimate of drug-likeness (QED) is 0.719. The fraction of sp³-hybridized carbons (Fsp3) is 0.867. The number of urea groups is 1. The molecule has 0 bridgehead atoms. The minimum atomic E-state index is -0.780. The maximum Gasteiger partial charge on any atom is 0.317 e. The number of likely N-dealkylation sites (N-methyl/N-ethyl adjacent to an activating group) is 1. The summed E-state index contributed by atoms with van der Waals surface area (Å²) in [6.07, 6.45) is 5.14. The first-order valence-corrected chi connectivity index (χ1v) is 7.76. The number of hydrogen-bond acceptors (Lipinski definition) is 3. The largest absolute Gasteiger partial charge is 0.481 e. The normalized spacial score (nSPS) is 17.2. The molecule has 2 N–H and O–H groups in total. The van der Waals surface area contributed by atoms with Gasteiger partial charge in [-0.1, -0.05) is 19.3 Å². The number of nitrogens with one attached hydrogen (secondary N) is 1. The number of nitrogens with zero attached hydrogens (tertiary/aromatic N) is 1. The molecule has 2 amide bonds. The molecule has 0 radical (unpaired) electrons. The van der Waals surface area contributed by atoms with Gasteiger partial charge in [-0.05, 0) is 25.2 Å². The number of carbonyl (C=O) groups excluding carboxylic acids is 1. The van der Waals surface area contributed by atoms with Crippen molar-refractivity contribution in [2.24, 2.45) is 5.41 Å². The lowest BCUT2D eigenvalue weighted by Crippen LogP contribution is -2.47. The molecule has 1 aliphatic rings. The minimum Gasteiger partial charge on any atom is -0.481 e. The molecule has 6 nitrogen and oxygen atoms in total. The molecule has 0 saturated heterocycles. The lowest BCUT2D eigenvalue weighted by molar-refractivity contribution is -0.140. The number of ether oxygens (including phenoxy) is 1. The third-order valence-corrected chi connectivity index (χ3v) is 4.29. The Morgan fingerprint density at radius 2 is 1.95 bits per heavy atom. The van der Waals surface area contributed by atoms with E-state index in [1.165, 1.54) is 0 Å². The van der Waals surface area contributed by atoms with Gasteiger partial charge >= 0.3 is 12.0 Å². The van der Waals surface area contributed by atoms with Gasteiger partial charge in [0.15, 0.2) is 0 Å². The van der Waals surface area contributed by atoms with E-state index in [4.69, 9.17) is 9.84 Å². The highest BCUT2D eigenvalue weighted by Crippen LogP contribution is 2.38. The van der Waals surface area contributed by atoms with Crippen LogP contribution in [0, 0.1) is 5.41 Å². The molecule has 0 spiro atoms. The third-order valence-electron chi connectivity index (χ3n) is 4.29. The SMILES string of the molecule is CCN(CCOC)C(=O)NCC1(CC(=O)O)CCCCC1. The maximum absolute atomic E-state index is 12.2. The van der Waals surface area contributed by atoms with E-state index in [2.05, 4.69) is 5.32 Å². The third kappa shape index (κ3) is 5.91. The zero-order chi connectivity index (χ0) is 15.7. The van der Waals surface area contributed by atoms with Gasteiger partial charge in [0, 0.05) is 26.7 Å². The summed E-state index contributed by atoms with van der Waals surface area (Å²) in [5.41, 5.74) is -0.277. The van der Waals surface area contributed by atoms with Crippen molar-refractivity contribution in [1.82, 2.24) is 10.2 Å². The van der Waals surface area contributed by atoms with Gasteiger partial charge in [-0.25, -0.2) is 4.79 Å². The van der Waals surface area contributed by atoms with Crippen LogP contribution in [0.5, 0.6) is 0 Å².